The fraction of sp³-hybridized carbons (Fsp3) is 0.160. The molecule has 1 aromatic heterocycles. The lowest BCUT2D eigenvalue weighted by atomic mass is 9.96. The van der Waals surface area contributed by atoms with Gasteiger partial charge in [0.2, 0.25) is 0 Å². The lowest BCUT2D eigenvalue weighted by Crippen LogP contribution is -2.29. The third-order valence-corrected chi connectivity index (χ3v) is 5.48. The van der Waals surface area contributed by atoms with Crippen LogP contribution in [0.1, 0.15) is 34.1 Å². The zero-order chi connectivity index (χ0) is 23.0. The number of carboxylic acids is 1. The van der Waals surface area contributed by atoms with Gasteiger partial charge < -0.3 is 14.6 Å². The van der Waals surface area contributed by atoms with Crippen molar-refractivity contribution in [2.75, 3.05) is 4.90 Å². The van der Waals surface area contributed by atoms with E-state index >= 15 is 0 Å². The number of carbonyl (C=O) groups is 3. The Balaban J connectivity index is 1.87. The second kappa shape index (κ2) is 8.19. The van der Waals surface area contributed by atoms with Crippen molar-refractivity contribution in [3.8, 4) is 0 Å². The maximum Gasteiger partial charge on any atom is 0.307 e. The van der Waals surface area contributed by atoms with Crippen LogP contribution in [0.3, 0.4) is 0 Å². The number of aliphatic hydroxyl groups is 1. The summed E-state index contributed by atoms with van der Waals surface area (Å²) in [7, 11) is 0. The quantitative estimate of drug-likeness (QED) is 0.357. The van der Waals surface area contributed by atoms with Gasteiger partial charge in [-0.15, -0.1) is 0 Å². The summed E-state index contributed by atoms with van der Waals surface area (Å²) in [5, 5.41) is 20.1. The number of amides is 1. The van der Waals surface area contributed by atoms with E-state index in [4.69, 9.17) is 9.52 Å². The molecule has 1 fully saturated rings. The highest BCUT2D eigenvalue weighted by Crippen LogP contribution is 2.42. The Morgan fingerprint density at radius 1 is 1.03 bits per heavy atom. The number of Topliss-reactive ketones (excluding diaryl/α,β-unsaturated/α-hetero) is 1. The van der Waals surface area contributed by atoms with E-state index < -0.39 is 23.7 Å². The number of rotatable bonds is 5. The first-order valence-corrected chi connectivity index (χ1v) is 10.0. The third-order valence-electron chi connectivity index (χ3n) is 5.48. The van der Waals surface area contributed by atoms with Gasteiger partial charge in [0, 0.05) is 11.3 Å². The van der Waals surface area contributed by atoms with E-state index in [1.807, 2.05) is 26.0 Å². The van der Waals surface area contributed by atoms with Gasteiger partial charge in [0.1, 0.15) is 17.6 Å². The minimum absolute atomic E-state index is 0.0618. The lowest BCUT2D eigenvalue weighted by molar-refractivity contribution is -0.136. The number of furan rings is 1. The van der Waals surface area contributed by atoms with Gasteiger partial charge in [0.05, 0.1) is 18.3 Å². The van der Waals surface area contributed by atoms with Gasteiger partial charge in [-0.25, -0.2) is 0 Å². The highest BCUT2D eigenvalue weighted by molar-refractivity contribution is 6.51. The number of hydrogen-bond donors (Lipinski definition) is 2. The molecule has 0 bridgehead atoms. The predicted molar refractivity (Wildman–Crippen MR) is 117 cm³/mol. The molecule has 4 rings (SSSR count). The number of anilines is 1. The summed E-state index contributed by atoms with van der Waals surface area (Å²) < 4.78 is 5.54. The number of nitrogens with zero attached hydrogens (tertiary/aromatic N) is 1. The van der Waals surface area contributed by atoms with E-state index in [2.05, 4.69) is 0 Å². The van der Waals surface area contributed by atoms with Gasteiger partial charge in [-0.2, -0.15) is 0 Å². The number of benzene rings is 2. The molecule has 0 radical (unpaired) electrons. The van der Waals surface area contributed by atoms with Crippen LogP contribution in [0.25, 0.3) is 5.76 Å². The molecule has 0 spiro atoms. The van der Waals surface area contributed by atoms with Crippen LogP contribution < -0.4 is 4.90 Å². The Bertz CT molecular complexity index is 1240. The van der Waals surface area contributed by atoms with Crippen molar-refractivity contribution in [2.45, 2.75) is 26.3 Å². The van der Waals surface area contributed by atoms with Gasteiger partial charge in [0.25, 0.3) is 11.7 Å². The number of carbonyl (C=O) groups excluding carboxylic acids is 2. The topological polar surface area (TPSA) is 108 Å². The number of aliphatic carboxylic acids is 1. The van der Waals surface area contributed by atoms with Crippen molar-refractivity contribution in [3.05, 3.63) is 94.4 Å². The third kappa shape index (κ3) is 3.69. The molecule has 32 heavy (non-hydrogen) atoms. The Morgan fingerprint density at radius 3 is 2.38 bits per heavy atom. The normalized spacial score (nSPS) is 17.7. The van der Waals surface area contributed by atoms with Crippen molar-refractivity contribution in [1.29, 1.82) is 0 Å². The molecule has 1 saturated heterocycles. The summed E-state index contributed by atoms with van der Waals surface area (Å²) in [4.78, 5) is 38.4. The standard InChI is InChI=1S/C25H21NO6/c1-14-5-6-15(2)18(12-14)23(29)21-22(19-4-3-11-32-19)26(25(31)24(21)30)17-9-7-16(8-10-17)13-20(27)28/h3-12,22,29H,13H2,1-2H3,(H,27,28)/b23-21-. The molecule has 0 saturated carbocycles. The maximum absolute atomic E-state index is 13.1. The van der Waals surface area contributed by atoms with Crippen molar-refractivity contribution >= 4 is 29.1 Å². The molecule has 162 valence electrons. The van der Waals surface area contributed by atoms with Gasteiger partial charge in [-0.05, 0) is 55.3 Å². The number of ketones is 1. The molecule has 0 aliphatic carbocycles. The largest absolute Gasteiger partial charge is 0.507 e. The van der Waals surface area contributed by atoms with Crippen LogP contribution in [0.2, 0.25) is 0 Å². The zero-order valence-corrected chi connectivity index (χ0v) is 17.5. The van der Waals surface area contributed by atoms with Crippen LogP contribution in [0.5, 0.6) is 0 Å². The first-order valence-electron chi connectivity index (χ1n) is 10.0. The summed E-state index contributed by atoms with van der Waals surface area (Å²) in [6.45, 7) is 3.69. The average Bonchev–Trinajstić information content (AvgIpc) is 3.37. The maximum atomic E-state index is 13.1. The van der Waals surface area contributed by atoms with Crippen molar-refractivity contribution < 1.29 is 29.0 Å². The van der Waals surface area contributed by atoms with Crippen LogP contribution in [0.15, 0.2) is 70.9 Å². The van der Waals surface area contributed by atoms with Crippen molar-refractivity contribution in [2.24, 2.45) is 0 Å². The van der Waals surface area contributed by atoms with Crippen LogP contribution in [-0.2, 0) is 20.8 Å². The number of carboxylic acid groups (broad SMARTS) is 1. The number of aliphatic hydroxyl groups excluding tert-OH is 1. The fourth-order valence-corrected chi connectivity index (χ4v) is 3.90. The van der Waals surface area contributed by atoms with E-state index in [9.17, 15) is 19.5 Å². The minimum atomic E-state index is -0.970. The molecule has 2 heterocycles. The number of aryl methyl sites for hydroxylation is 2. The molecule has 2 N–H and O–H groups in total. The molecule has 7 nitrogen and oxygen atoms in total. The summed E-state index contributed by atoms with van der Waals surface area (Å²) in [5.74, 6) is -2.53. The zero-order valence-electron chi connectivity index (χ0n) is 17.5. The average molecular weight is 431 g/mol. The molecule has 2 aromatic carbocycles. The van der Waals surface area contributed by atoms with E-state index in [1.54, 1.807) is 42.5 Å². The predicted octanol–water partition coefficient (Wildman–Crippen LogP) is 4.15. The molecule has 1 aliphatic rings. The summed E-state index contributed by atoms with van der Waals surface area (Å²) >= 11 is 0. The molecule has 7 heteroatoms. The Morgan fingerprint density at radius 2 is 1.75 bits per heavy atom. The Kier molecular flexibility index (Phi) is 5.40. The molecular weight excluding hydrogens is 410 g/mol. The highest BCUT2D eigenvalue weighted by Gasteiger charge is 2.48. The summed E-state index contributed by atoms with van der Waals surface area (Å²) in [5.41, 5.74) is 3.01. The summed E-state index contributed by atoms with van der Waals surface area (Å²) in [6.07, 6.45) is 1.27. The van der Waals surface area contributed by atoms with Crippen LogP contribution >= 0.6 is 0 Å². The summed E-state index contributed by atoms with van der Waals surface area (Å²) in [6, 6.07) is 14.2. The lowest BCUT2D eigenvalue weighted by Gasteiger charge is -2.23. The second-order valence-electron chi connectivity index (χ2n) is 7.74. The number of hydrogen-bond acceptors (Lipinski definition) is 5. The van der Waals surface area contributed by atoms with Gasteiger partial charge in [-0.3, -0.25) is 19.3 Å². The molecule has 1 unspecified atom stereocenters. The molecule has 1 aliphatic heterocycles. The second-order valence-corrected chi connectivity index (χ2v) is 7.74. The van der Waals surface area contributed by atoms with Crippen molar-refractivity contribution in [3.63, 3.8) is 0 Å². The van der Waals surface area contributed by atoms with Crippen LogP contribution in [0, 0.1) is 13.8 Å². The van der Waals surface area contributed by atoms with Gasteiger partial charge >= 0.3 is 5.97 Å². The Hall–Kier alpha value is -4.13. The van der Waals surface area contributed by atoms with E-state index in [0.29, 0.717) is 22.6 Å². The SMILES string of the molecule is Cc1ccc(C)c(/C(O)=C2/C(=O)C(=O)N(c3ccc(CC(=O)O)cc3)C2c2ccco2)c1. The Labute approximate surface area is 184 Å². The molecular formula is C25H21NO6. The molecule has 1 atom stereocenters. The fourth-order valence-electron chi connectivity index (χ4n) is 3.90. The highest BCUT2D eigenvalue weighted by atomic mass is 16.4. The molecule has 3 aromatic rings. The van der Waals surface area contributed by atoms with E-state index in [-0.39, 0.29) is 17.8 Å². The smallest absolute Gasteiger partial charge is 0.307 e. The monoisotopic (exact) mass is 431 g/mol. The molecule has 1 amide bonds. The van der Waals surface area contributed by atoms with E-state index in [0.717, 1.165) is 11.1 Å². The van der Waals surface area contributed by atoms with Crippen LogP contribution in [-0.4, -0.2) is 27.9 Å². The van der Waals surface area contributed by atoms with E-state index in [1.165, 1.54) is 11.2 Å². The minimum Gasteiger partial charge on any atom is -0.507 e. The van der Waals surface area contributed by atoms with Crippen LogP contribution in [0.4, 0.5) is 5.69 Å². The van der Waals surface area contributed by atoms with Gasteiger partial charge in [0.15, 0.2) is 0 Å². The van der Waals surface area contributed by atoms with Gasteiger partial charge in [-0.1, -0.05) is 29.8 Å². The first-order chi connectivity index (χ1) is 15.3. The van der Waals surface area contributed by atoms with Crippen molar-refractivity contribution in [1.82, 2.24) is 0 Å². The first kappa shape index (κ1) is 21.1.